The first-order chi connectivity index (χ1) is 7.66. The SMILES string of the molecule is CC1CN(C(=O)c2ccc[n+]([O-])c2)CCO1. The van der Waals surface area contributed by atoms with Crippen LogP contribution in [0.25, 0.3) is 0 Å². The maximum atomic E-state index is 12.0. The number of amides is 1. The maximum absolute atomic E-state index is 12.0. The van der Waals surface area contributed by atoms with E-state index in [9.17, 15) is 10.0 Å². The second-order valence-corrected chi connectivity index (χ2v) is 3.89. The highest BCUT2D eigenvalue weighted by Gasteiger charge is 2.23. The van der Waals surface area contributed by atoms with Gasteiger partial charge in [-0.25, -0.2) is 0 Å². The van der Waals surface area contributed by atoms with Crippen LogP contribution in [0.5, 0.6) is 0 Å². The summed E-state index contributed by atoms with van der Waals surface area (Å²) in [7, 11) is 0. The zero-order valence-electron chi connectivity index (χ0n) is 9.13. The molecule has 2 rings (SSSR count). The van der Waals surface area contributed by atoms with Crippen LogP contribution in [-0.2, 0) is 4.74 Å². The van der Waals surface area contributed by atoms with Crippen LogP contribution >= 0.6 is 0 Å². The van der Waals surface area contributed by atoms with Crippen LogP contribution in [0, 0.1) is 5.21 Å². The van der Waals surface area contributed by atoms with Gasteiger partial charge >= 0.3 is 0 Å². The van der Waals surface area contributed by atoms with Crippen molar-refractivity contribution in [1.29, 1.82) is 0 Å². The Balaban J connectivity index is 2.12. The molecule has 2 heterocycles. The van der Waals surface area contributed by atoms with Gasteiger partial charge in [0.1, 0.15) is 5.56 Å². The average Bonchev–Trinajstić information content (AvgIpc) is 2.28. The molecule has 5 heteroatoms. The number of pyridine rings is 1. The summed E-state index contributed by atoms with van der Waals surface area (Å²) in [5.74, 6) is -0.111. The smallest absolute Gasteiger partial charge is 0.260 e. The number of hydrogen-bond acceptors (Lipinski definition) is 3. The summed E-state index contributed by atoms with van der Waals surface area (Å²) in [6.07, 6.45) is 2.71. The van der Waals surface area contributed by atoms with Gasteiger partial charge in [0.25, 0.3) is 5.91 Å². The molecule has 5 nitrogen and oxygen atoms in total. The molecular formula is C11H14N2O3. The quantitative estimate of drug-likeness (QED) is 0.503. The molecule has 1 aromatic heterocycles. The average molecular weight is 222 g/mol. The van der Waals surface area contributed by atoms with Crippen LogP contribution < -0.4 is 4.73 Å². The lowest BCUT2D eigenvalue weighted by Crippen LogP contribution is -2.45. The van der Waals surface area contributed by atoms with Crippen LogP contribution in [0.15, 0.2) is 24.5 Å². The van der Waals surface area contributed by atoms with Gasteiger partial charge in [-0.3, -0.25) is 4.79 Å². The van der Waals surface area contributed by atoms with Crippen molar-refractivity contribution < 1.29 is 14.3 Å². The maximum Gasteiger partial charge on any atom is 0.260 e. The first-order valence-electron chi connectivity index (χ1n) is 5.26. The van der Waals surface area contributed by atoms with Crippen molar-refractivity contribution in [2.75, 3.05) is 19.7 Å². The molecule has 16 heavy (non-hydrogen) atoms. The summed E-state index contributed by atoms with van der Waals surface area (Å²) in [6, 6.07) is 3.22. The van der Waals surface area contributed by atoms with Crippen LogP contribution in [0.3, 0.4) is 0 Å². The first-order valence-corrected chi connectivity index (χ1v) is 5.26. The summed E-state index contributed by atoms with van der Waals surface area (Å²) >= 11 is 0. The van der Waals surface area contributed by atoms with E-state index >= 15 is 0 Å². The number of carbonyl (C=O) groups excluding carboxylic acids is 1. The zero-order valence-corrected chi connectivity index (χ0v) is 9.13. The Morgan fingerprint density at radius 3 is 3.19 bits per heavy atom. The van der Waals surface area contributed by atoms with E-state index in [-0.39, 0.29) is 12.0 Å². The zero-order chi connectivity index (χ0) is 11.5. The number of nitrogens with zero attached hydrogens (tertiary/aromatic N) is 2. The molecule has 0 bridgehead atoms. The summed E-state index contributed by atoms with van der Waals surface area (Å²) in [6.45, 7) is 3.64. The number of aromatic nitrogens is 1. The van der Waals surface area contributed by atoms with Crippen LogP contribution in [0.2, 0.25) is 0 Å². The highest BCUT2D eigenvalue weighted by atomic mass is 16.5. The number of rotatable bonds is 1. The number of ether oxygens (including phenoxy) is 1. The standard InChI is InChI=1S/C11H14N2O3/c1-9-7-12(5-6-16-9)11(14)10-3-2-4-13(15)8-10/h2-4,8-9H,5-7H2,1H3. The molecule has 0 radical (unpaired) electrons. The normalized spacial score (nSPS) is 20.8. The van der Waals surface area contributed by atoms with Gasteiger partial charge in [0.2, 0.25) is 0 Å². The highest BCUT2D eigenvalue weighted by Crippen LogP contribution is 2.08. The van der Waals surface area contributed by atoms with Gasteiger partial charge in [-0.15, -0.1) is 0 Å². The number of hydrogen-bond donors (Lipinski definition) is 0. The van der Waals surface area contributed by atoms with Gasteiger partial charge in [0.15, 0.2) is 12.4 Å². The van der Waals surface area contributed by atoms with E-state index in [4.69, 9.17) is 4.74 Å². The summed E-state index contributed by atoms with van der Waals surface area (Å²) in [4.78, 5) is 13.7. The lowest BCUT2D eigenvalue weighted by Gasteiger charge is -2.30. The second kappa shape index (κ2) is 4.49. The van der Waals surface area contributed by atoms with Crippen LogP contribution in [0.1, 0.15) is 17.3 Å². The molecule has 1 saturated heterocycles. The molecule has 1 unspecified atom stereocenters. The highest BCUT2D eigenvalue weighted by molar-refractivity contribution is 5.93. The van der Waals surface area contributed by atoms with Crippen molar-refractivity contribution in [3.63, 3.8) is 0 Å². The minimum Gasteiger partial charge on any atom is -0.619 e. The molecule has 0 aromatic carbocycles. The van der Waals surface area contributed by atoms with Crippen molar-refractivity contribution in [3.8, 4) is 0 Å². The molecule has 0 aliphatic carbocycles. The molecular weight excluding hydrogens is 208 g/mol. The molecule has 1 fully saturated rings. The lowest BCUT2D eigenvalue weighted by atomic mass is 10.2. The topological polar surface area (TPSA) is 56.5 Å². The summed E-state index contributed by atoms with van der Waals surface area (Å²) < 4.78 is 5.99. The Bertz CT molecular complexity index is 395. The molecule has 0 saturated carbocycles. The third-order valence-corrected chi connectivity index (χ3v) is 2.55. The van der Waals surface area contributed by atoms with E-state index in [0.29, 0.717) is 30.0 Å². The van der Waals surface area contributed by atoms with Crippen LogP contribution in [-0.4, -0.2) is 36.6 Å². The van der Waals surface area contributed by atoms with E-state index in [0.717, 1.165) is 0 Å². The van der Waals surface area contributed by atoms with Gasteiger partial charge in [0.05, 0.1) is 12.7 Å². The molecule has 1 aliphatic heterocycles. The van der Waals surface area contributed by atoms with E-state index < -0.39 is 0 Å². The fourth-order valence-electron chi connectivity index (χ4n) is 1.77. The Morgan fingerprint density at radius 2 is 2.50 bits per heavy atom. The molecule has 1 aliphatic rings. The van der Waals surface area contributed by atoms with Gasteiger partial charge in [-0.1, -0.05) is 0 Å². The van der Waals surface area contributed by atoms with Crippen molar-refractivity contribution >= 4 is 5.91 Å². The van der Waals surface area contributed by atoms with E-state index in [1.54, 1.807) is 17.0 Å². The molecule has 0 N–H and O–H groups in total. The summed E-state index contributed by atoms with van der Waals surface area (Å²) in [5, 5.41) is 11.1. The van der Waals surface area contributed by atoms with Gasteiger partial charge in [-0.05, 0) is 13.0 Å². The fraction of sp³-hybridized carbons (Fsp3) is 0.455. The largest absolute Gasteiger partial charge is 0.619 e. The Labute approximate surface area is 93.8 Å². The third kappa shape index (κ3) is 2.30. The minimum absolute atomic E-state index is 0.0563. The Morgan fingerprint density at radius 1 is 1.69 bits per heavy atom. The molecule has 0 spiro atoms. The fourth-order valence-corrected chi connectivity index (χ4v) is 1.77. The predicted octanol–water partition coefficient (Wildman–Crippen LogP) is 0.181. The van der Waals surface area contributed by atoms with Gasteiger partial charge in [-0.2, -0.15) is 4.73 Å². The lowest BCUT2D eigenvalue weighted by molar-refractivity contribution is -0.605. The number of morpholine rings is 1. The number of carbonyl (C=O) groups is 1. The third-order valence-electron chi connectivity index (χ3n) is 2.55. The first kappa shape index (κ1) is 10.9. The Kier molecular flexibility index (Phi) is 3.05. The van der Waals surface area contributed by atoms with Crippen LogP contribution in [0.4, 0.5) is 0 Å². The van der Waals surface area contributed by atoms with Crippen molar-refractivity contribution in [2.45, 2.75) is 13.0 Å². The molecule has 1 atom stereocenters. The van der Waals surface area contributed by atoms with E-state index in [2.05, 4.69) is 0 Å². The van der Waals surface area contributed by atoms with E-state index in [1.165, 1.54) is 12.4 Å². The molecule has 86 valence electrons. The monoisotopic (exact) mass is 222 g/mol. The van der Waals surface area contributed by atoms with Crippen molar-refractivity contribution in [1.82, 2.24) is 4.90 Å². The van der Waals surface area contributed by atoms with E-state index in [1.807, 2.05) is 6.92 Å². The van der Waals surface area contributed by atoms with Crippen molar-refractivity contribution in [3.05, 3.63) is 35.3 Å². The Hall–Kier alpha value is -1.62. The van der Waals surface area contributed by atoms with Gasteiger partial charge in [0, 0.05) is 19.2 Å². The molecule has 1 amide bonds. The van der Waals surface area contributed by atoms with Gasteiger partial charge < -0.3 is 14.8 Å². The predicted molar refractivity (Wildman–Crippen MR) is 56.7 cm³/mol. The summed E-state index contributed by atoms with van der Waals surface area (Å²) in [5.41, 5.74) is 0.423. The minimum atomic E-state index is -0.111. The molecule has 1 aromatic rings. The second-order valence-electron chi connectivity index (χ2n) is 3.89. The van der Waals surface area contributed by atoms with Crippen molar-refractivity contribution in [2.24, 2.45) is 0 Å².